The number of carbonyl (C=O) groups excluding carboxylic acids is 1. The maximum atomic E-state index is 12.9. The molecule has 0 spiro atoms. The molecule has 0 aliphatic carbocycles. The third-order valence-corrected chi connectivity index (χ3v) is 6.08. The summed E-state index contributed by atoms with van der Waals surface area (Å²) in [5.74, 6) is 0.936. The maximum absolute atomic E-state index is 12.9. The van der Waals surface area contributed by atoms with Crippen LogP contribution >= 0.6 is 11.3 Å². The Balaban J connectivity index is 1.28. The molecule has 1 aromatic carbocycles. The first-order chi connectivity index (χ1) is 14.2. The van der Waals surface area contributed by atoms with E-state index in [-0.39, 0.29) is 5.91 Å². The lowest BCUT2D eigenvalue weighted by Gasteiger charge is -2.35. The minimum Gasteiger partial charge on any atom is -0.352 e. The number of piperazine rings is 1. The van der Waals surface area contributed by atoms with Gasteiger partial charge in [0, 0.05) is 31.7 Å². The molecule has 8 heteroatoms. The lowest BCUT2D eigenvalue weighted by Crippen LogP contribution is -2.49. The van der Waals surface area contributed by atoms with Gasteiger partial charge in [0.05, 0.1) is 11.1 Å². The zero-order valence-electron chi connectivity index (χ0n) is 16.0. The van der Waals surface area contributed by atoms with Gasteiger partial charge in [-0.2, -0.15) is 5.10 Å². The topological polar surface area (TPSA) is 78.0 Å². The predicted octanol–water partition coefficient (Wildman–Crippen LogP) is 3.35. The van der Waals surface area contributed by atoms with Crippen LogP contribution in [0.25, 0.3) is 21.5 Å². The summed E-state index contributed by atoms with van der Waals surface area (Å²) in [4.78, 5) is 26.8. The predicted molar refractivity (Wildman–Crippen MR) is 114 cm³/mol. The molecule has 29 heavy (non-hydrogen) atoms. The largest absolute Gasteiger partial charge is 0.352 e. The molecule has 1 aliphatic rings. The van der Waals surface area contributed by atoms with Gasteiger partial charge in [-0.05, 0) is 24.4 Å². The molecule has 5 rings (SSSR count). The van der Waals surface area contributed by atoms with Gasteiger partial charge in [-0.15, -0.1) is 11.3 Å². The Morgan fingerprint density at radius 2 is 1.86 bits per heavy atom. The monoisotopic (exact) mass is 404 g/mol. The lowest BCUT2D eigenvalue weighted by atomic mass is 10.1. The van der Waals surface area contributed by atoms with E-state index in [0.29, 0.717) is 18.8 Å². The second-order valence-electron chi connectivity index (χ2n) is 7.15. The van der Waals surface area contributed by atoms with Gasteiger partial charge < -0.3 is 9.80 Å². The number of benzene rings is 1. The Morgan fingerprint density at radius 3 is 2.66 bits per heavy atom. The number of aromatic amines is 1. The number of hydrogen-bond acceptors (Lipinski definition) is 6. The van der Waals surface area contributed by atoms with E-state index in [2.05, 4.69) is 31.1 Å². The van der Waals surface area contributed by atoms with Crippen molar-refractivity contribution in [3.63, 3.8) is 0 Å². The van der Waals surface area contributed by atoms with Gasteiger partial charge in [0.15, 0.2) is 0 Å². The number of hydrogen-bond donors (Lipinski definition) is 1. The van der Waals surface area contributed by atoms with Crippen LogP contribution in [-0.2, 0) is 0 Å². The number of amides is 1. The van der Waals surface area contributed by atoms with Crippen LogP contribution in [0.2, 0.25) is 0 Å². The number of anilines is 1. The molecule has 1 saturated heterocycles. The van der Waals surface area contributed by atoms with Crippen LogP contribution in [0.5, 0.6) is 0 Å². The number of aromatic nitrogens is 4. The van der Waals surface area contributed by atoms with Gasteiger partial charge in [-0.3, -0.25) is 9.89 Å². The first-order valence-electron chi connectivity index (χ1n) is 9.54. The quantitative estimate of drug-likeness (QED) is 0.567. The molecule has 4 heterocycles. The molecule has 3 aromatic heterocycles. The molecule has 0 atom stereocenters. The van der Waals surface area contributed by atoms with Crippen molar-refractivity contribution < 1.29 is 4.79 Å². The number of nitrogens with one attached hydrogen (secondary N) is 1. The number of carbonyl (C=O) groups is 1. The Bertz CT molecular complexity index is 1160. The zero-order chi connectivity index (χ0) is 19.8. The second kappa shape index (κ2) is 7.29. The molecule has 1 fully saturated rings. The molecule has 1 N–H and O–H groups in total. The van der Waals surface area contributed by atoms with Crippen LogP contribution in [0, 0.1) is 6.92 Å². The fourth-order valence-corrected chi connectivity index (χ4v) is 4.35. The van der Waals surface area contributed by atoms with Crippen LogP contribution < -0.4 is 4.90 Å². The van der Waals surface area contributed by atoms with Gasteiger partial charge in [0.1, 0.15) is 22.7 Å². The van der Waals surface area contributed by atoms with Crippen LogP contribution in [-0.4, -0.2) is 57.2 Å². The molecular weight excluding hydrogens is 384 g/mol. The van der Waals surface area contributed by atoms with E-state index < -0.39 is 0 Å². The summed E-state index contributed by atoms with van der Waals surface area (Å²) in [6, 6.07) is 12.0. The average molecular weight is 404 g/mol. The summed E-state index contributed by atoms with van der Waals surface area (Å²) in [7, 11) is 0. The smallest absolute Gasteiger partial charge is 0.272 e. The Labute approximate surface area is 172 Å². The van der Waals surface area contributed by atoms with Crippen molar-refractivity contribution in [1.29, 1.82) is 0 Å². The zero-order valence-corrected chi connectivity index (χ0v) is 16.8. The number of thiophene rings is 1. The molecule has 0 radical (unpaired) electrons. The summed E-state index contributed by atoms with van der Waals surface area (Å²) in [5.41, 5.74) is 3.50. The van der Waals surface area contributed by atoms with Gasteiger partial charge in [-0.25, -0.2) is 9.97 Å². The van der Waals surface area contributed by atoms with Gasteiger partial charge in [0.2, 0.25) is 0 Å². The van der Waals surface area contributed by atoms with Gasteiger partial charge in [0.25, 0.3) is 5.91 Å². The third-order valence-electron chi connectivity index (χ3n) is 5.26. The van der Waals surface area contributed by atoms with Crippen molar-refractivity contribution in [3.05, 3.63) is 59.4 Å². The minimum absolute atomic E-state index is 0.0149. The van der Waals surface area contributed by atoms with Crippen LogP contribution in [0.3, 0.4) is 0 Å². The van der Waals surface area contributed by atoms with E-state index in [0.717, 1.165) is 40.4 Å². The van der Waals surface area contributed by atoms with Crippen LogP contribution in [0.4, 0.5) is 5.82 Å². The molecular formula is C21H20N6OS. The first-order valence-corrected chi connectivity index (χ1v) is 10.4. The molecule has 0 bridgehead atoms. The molecule has 1 aliphatic heterocycles. The SMILES string of the molecule is Cc1ccc(-c2cc(C(=O)N3CCN(c4ncnc5sccc45)CC3)[nH]n2)cc1. The number of rotatable bonds is 3. The summed E-state index contributed by atoms with van der Waals surface area (Å²) in [6.07, 6.45) is 1.61. The fraction of sp³-hybridized carbons (Fsp3) is 0.238. The molecule has 7 nitrogen and oxygen atoms in total. The number of aryl methyl sites for hydroxylation is 1. The molecule has 0 unspecified atom stereocenters. The van der Waals surface area contributed by atoms with E-state index in [9.17, 15) is 4.79 Å². The van der Waals surface area contributed by atoms with E-state index in [1.165, 1.54) is 5.56 Å². The normalized spacial score (nSPS) is 14.5. The van der Waals surface area contributed by atoms with Crippen LogP contribution in [0.15, 0.2) is 48.1 Å². The standard InChI is InChI=1S/C21H20N6OS/c1-14-2-4-15(5-3-14)17-12-18(25-24-17)21(28)27-9-7-26(8-10-27)19-16-6-11-29-20(16)23-13-22-19/h2-6,11-13H,7-10H2,1H3,(H,24,25). The van der Waals surface area contributed by atoms with Crippen molar-refractivity contribution in [2.24, 2.45) is 0 Å². The van der Waals surface area contributed by atoms with Crippen molar-refractivity contribution in [3.8, 4) is 11.3 Å². The van der Waals surface area contributed by atoms with Gasteiger partial charge >= 0.3 is 0 Å². The van der Waals surface area contributed by atoms with E-state index >= 15 is 0 Å². The number of fused-ring (bicyclic) bond motifs is 1. The second-order valence-corrected chi connectivity index (χ2v) is 8.04. The summed E-state index contributed by atoms with van der Waals surface area (Å²) < 4.78 is 0. The molecule has 0 saturated carbocycles. The highest BCUT2D eigenvalue weighted by atomic mass is 32.1. The maximum Gasteiger partial charge on any atom is 0.272 e. The molecule has 1 amide bonds. The summed E-state index contributed by atoms with van der Waals surface area (Å²) in [6.45, 7) is 4.83. The summed E-state index contributed by atoms with van der Waals surface area (Å²) in [5, 5.41) is 10.3. The van der Waals surface area contributed by atoms with Crippen molar-refractivity contribution in [2.75, 3.05) is 31.1 Å². The van der Waals surface area contributed by atoms with E-state index in [1.807, 2.05) is 47.5 Å². The van der Waals surface area contributed by atoms with Crippen molar-refractivity contribution in [2.45, 2.75) is 6.92 Å². The van der Waals surface area contributed by atoms with Crippen LogP contribution in [0.1, 0.15) is 16.1 Å². The average Bonchev–Trinajstić information content (AvgIpc) is 3.43. The van der Waals surface area contributed by atoms with Crippen molar-refractivity contribution in [1.82, 2.24) is 25.1 Å². The Kier molecular flexibility index (Phi) is 4.48. The lowest BCUT2D eigenvalue weighted by molar-refractivity contribution is 0.0740. The van der Waals surface area contributed by atoms with Crippen molar-refractivity contribution >= 4 is 33.3 Å². The highest BCUT2D eigenvalue weighted by Gasteiger charge is 2.25. The Hall–Kier alpha value is -3.26. The molecule has 4 aromatic rings. The Morgan fingerprint density at radius 1 is 1.07 bits per heavy atom. The highest BCUT2D eigenvalue weighted by molar-refractivity contribution is 7.16. The van der Waals surface area contributed by atoms with Gasteiger partial charge in [-0.1, -0.05) is 29.8 Å². The highest BCUT2D eigenvalue weighted by Crippen LogP contribution is 2.27. The summed E-state index contributed by atoms with van der Waals surface area (Å²) >= 11 is 1.62. The van der Waals surface area contributed by atoms with E-state index in [1.54, 1.807) is 17.7 Å². The van der Waals surface area contributed by atoms with E-state index in [4.69, 9.17) is 0 Å². The molecule has 146 valence electrons. The minimum atomic E-state index is -0.0149. The third kappa shape index (κ3) is 3.36. The first kappa shape index (κ1) is 17.8. The fourth-order valence-electron chi connectivity index (χ4n) is 3.62. The number of nitrogens with zero attached hydrogens (tertiary/aromatic N) is 5. The number of H-pyrrole nitrogens is 1.